The topological polar surface area (TPSA) is 93.6 Å². The number of carbonyl (C=O) groups is 1. The highest BCUT2D eigenvalue weighted by molar-refractivity contribution is 6.33. The van der Waals surface area contributed by atoms with Gasteiger partial charge in [-0.15, -0.1) is 0 Å². The summed E-state index contributed by atoms with van der Waals surface area (Å²) in [6.07, 6.45) is 0.185. The summed E-state index contributed by atoms with van der Waals surface area (Å²) in [7, 11) is 0. The average Bonchev–Trinajstić information content (AvgIpc) is 2.68. The van der Waals surface area contributed by atoms with E-state index in [1.54, 1.807) is 12.3 Å². The molecule has 0 fully saturated rings. The molecule has 0 aromatic carbocycles. The molecule has 0 aliphatic heterocycles. The van der Waals surface area contributed by atoms with Gasteiger partial charge in [0.05, 0.1) is 18.0 Å². The van der Waals surface area contributed by atoms with Gasteiger partial charge in [-0.2, -0.15) is 0 Å². The predicted molar refractivity (Wildman–Crippen MR) is 107 cm³/mol. The third-order valence-electron chi connectivity index (χ3n) is 3.85. The van der Waals surface area contributed by atoms with Crippen LogP contribution in [0.3, 0.4) is 0 Å². The van der Waals surface area contributed by atoms with E-state index in [1.807, 2.05) is 19.9 Å². The molecular weight excluding hydrogens is 405 g/mol. The second-order valence-electron chi connectivity index (χ2n) is 6.01. The summed E-state index contributed by atoms with van der Waals surface area (Å²) in [4.78, 5) is 20.6. The van der Waals surface area contributed by atoms with E-state index in [-0.39, 0.29) is 28.3 Å². The lowest BCUT2D eigenvalue weighted by Gasteiger charge is -2.18. The molecule has 1 amide bonds. The van der Waals surface area contributed by atoms with Crippen molar-refractivity contribution >= 4 is 29.1 Å². The van der Waals surface area contributed by atoms with Gasteiger partial charge < -0.3 is 19.9 Å². The number of rotatable bonds is 10. The van der Waals surface area contributed by atoms with Crippen LogP contribution in [0.1, 0.15) is 37.3 Å². The fraction of sp³-hybridized carbons (Fsp3) is 0.421. The number of carbonyl (C=O) groups excluding carboxylic acids is 1. The Morgan fingerprint density at radius 1 is 1.32 bits per heavy atom. The molecule has 0 spiro atoms. The van der Waals surface area contributed by atoms with Crippen molar-refractivity contribution in [2.24, 2.45) is 0 Å². The van der Waals surface area contributed by atoms with Gasteiger partial charge in [-0.05, 0) is 31.2 Å². The van der Waals surface area contributed by atoms with Crippen LogP contribution in [0, 0.1) is 0 Å². The number of ether oxygens (including phenoxy) is 2. The summed E-state index contributed by atoms with van der Waals surface area (Å²) in [6.45, 7) is 5.59. The summed E-state index contributed by atoms with van der Waals surface area (Å²) < 4.78 is 11.0. The van der Waals surface area contributed by atoms with E-state index >= 15 is 0 Å². The summed E-state index contributed by atoms with van der Waals surface area (Å²) in [5.74, 6) is -0.115. The monoisotopic (exact) mass is 427 g/mol. The largest absolute Gasteiger partial charge is 0.489 e. The van der Waals surface area contributed by atoms with E-state index in [4.69, 9.17) is 32.7 Å². The second-order valence-corrected chi connectivity index (χ2v) is 6.84. The zero-order valence-corrected chi connectivity index (χ0v) is 17.2. The van der Waals surface area contributed by atoms with Crippen LogP contribution in [-0.2, 0) is 9.53 Å². The molecule has 0 aliphatic carbocycles. The van der Waals surface area contributed by atoms with Gasteiger partial charge in [-0.1, -0.05) is 30.1 Å². The van der Waals surface area contributed by atoms with Gasteiger partial charge in [0.2, 0.25) is 0 Å². The third-order valence-corrected chi connectivity index (χ3v) is 4.26. The first-order chi connectivity index (χ1) is 13.4. The molecule has 7 nitrogen and oxygen atoms in total. The first kappa shape index (κ1) is 22.4. The van der Waals surface area contributed by atoms with Crippen LogP contribution in [0.25, 0.3) is 0 Å². The second kappa shape index (κ2) is 11.2. The Balaban J connectivity index is 1.95. The first-order valence-corrected chi connectivity index (χ1v) is 9.62. The summed E-state index contributed by atoms with van der Waals surface area (Å²) in [5.41, 5.74) is 0.790. The van der Waals surface area contributed by atoms with Crippen molar-refractivity contribution in [3.8, 4) is 5.75 Å². The molecule has 2 heterocycles. The zero-order valence-electron chi connectivity index (χ0n) is 15.7. The fourth-order valence-corrected chi connectivity index (χ4v) is 2.94. The molecule has 0 saturated heterocycles. The van der Waals surface area contributed by atoms with Crippen molar-refractivity contribution in [2.45, 2.75) is 25.9 Å². The van der Waals surface area contributed by atoms with Gasteiger partial charge in [0.1, 0.15) is 17.5 Å². The maximum atomic E-state index is 12.3. The van der Waals surface area contributed by atoms with Crippen LogP contribution >= 0.6 is 23.2 Å². The van der Waals surface area contributed by atoms with Gasteiger partial charge in [-0.3, -0.25) is 9.78 Å². The SMILES string of the molecule is CCOCCOc1cccnc1C(C)CNC(=O)C(O)c1cc(Cl)cc(Cl)n1. The Labute approximate surface area is 174 Å². The van der Waals surface area contributed by atoms with Crippen LogP contribution in [0.5, 0.6) is 5.75 Å². The minimum atomic E-state index is -1.48. The summed E-state index contributed by atoms with van der Waals surface area (Å²) in [6, 6.07) is 6.42. The number of aliphatic hydroxyl groups excluding tert-OH is 1. The van der Waals surface area contributed by atoms with Gasteiger partial charge in [-0.25, -0.2) is 4.98 Å². The van der Waals surface area contributed by atoms with Gasteiger partial charge >= 0.3 is 0 Å². The Morgan fingerprint density at radius 2 is 2.11 bits per heavy atom. The average molecular weight is 428 g/mol. The highest BCUT2D eigenvalue weighted by Crippen LogP contribution is 2.24. The van der Waals surface area contributed by atoms with Crippen molar-refractivity contribution in [3.63, 3.8) is 0 Å². The maximum absolute atomic E-state index is 12.3. The molecule has 2 unspecified atom stereocenters. The number of amides is 1. The van der Waals surface area contributed by atoms with Crippen LogP contribution in [-0.4, -0.2) is 47.3 Å². The zero-order chi connectivity index (χ0) is 20.5. The van der Waals surface area contributed by atoms with E-state index in [9.17, 15) is 9.90 Å². The van der Waals surface area contributed by atoms with E-state index in [0.29, 0.717) is 31.3 Å². The highest BCUT2D eigenvalue weighted by atomic mass is 35.5. The normalized spacial score (nSPS) is 13.0. The lowest BCUT2D eigenvalue weighted by Crippen LogP contribution is -2.32. The smallest absolute Gasteiger partial charge is 0.255 e. The van der Waals surface area contributed by atoms with Crippen molar-refractivity contribution in [1.82, 2.24) is 15.3 Å². The Bertz CT molecular complexity index is 771. The number of halogens is 2. The molecule has 2 aromatic rings. The number of nitrogens with zero attached hydrogens (tertiary/aromatic N) is 2. The van der Waals surface area contributed by atoms with Crippen molar-refractivity contribution < 1.29 is 19.4 Å². The summed E-state index contributed by atoms with van der Waals surface area (Å²) in [5, 5.41) is 13.3. The fourth-order valence-electron chi connectivity index (χ4n) is 2.46. The number of nitrogens with one attached hydrogen (secondary N) is 1. The molecule has 2 atom stereocenters. The van der Waals surface area contributed by atoms with Crippen molar-refractivity contribution in [3.05, 3.63) is 52.0 Å². The maximum Gasteiger partial charge on any atom is 0.255 e. The number of pyridine rings is 2. The summed E-state index contributed by atoms with van der Waals surface area (Å²) >= 11 is 11.7. The van der Waals surface area contributed by atoms with Gasteiger partial charge in [0.15, 0.2) is 6.10 Å². The minimum Gasteiger partial charge on any atom is -0.489 e. The van der Waals surface area contributed by atoms with E-state index in [2.05, 4.69) is 15.3 Å². The number of hydrogen-bond donors (Lipinski definition) is 2. The Morgan fingerprint density at radius 3 is 2.82 bits per heavy atom. The van der Waals surface area contributed by atoms with Crippen LogP contribution in [0.4, 0.5) is 0 Å². The first-order valence-electron chi connectivity index (χ1n) is 8.86. The molecule has 0 bridgehead atoms. The van der Waals surface area contributed by atoms with Gasteiger partial charge in [0, 0.05) is 30.3 Å². The molecule has 0 saturated carbocycles. The van der Waals surface area contributed by atoms with E-state index in [0.717, 1.165) is 0 Å². The Kier molecular flexibility index (Phi) is 8.92. The van der Waals surface area contributed by atoms with Crippen molar-refractivity contribution in [2.75, 3.05) is 26.4 Å². The molecule has 152 valence electrons. The number of aliphatic hydroxyl groups is 1. The minimum absolute atomic E-state index is 0.0837. The van der Waals surface area contributed by atoms with Crippen LogP contribution < -0.4 is 10.1 Å². The van der Waals surface area contributed by atoms with Crippen molar-refractivity contribution in [1.29, 1.82) is 0 Å². The number of aromatic nitrogens is 2. The quantitative estimate of drug-likeness (QED) is 0.446. The van der Waals surface area contributed by atoms with E-state index < -0.39 is 12.0 Å². The molecule has 2 rings (SSSR count). The number of hydrogen-bond acceptors (Lipinski definition) is 6. The molecule has 2 aromatic heterocycles. The van der Waals surface area contributed by atoms with Crippen LogP contribution in [0.15, 0.2) is 30.5 Å². The molecule has 0 aliphatic rings. The molecular formula is C19H23Cl2N3O4. The van der Waals surface area contributed by atoms with Crippen LogP contribution in [0.2, 0.25) is 10.2 Å². The van der Waals surface area contributed by atoms with Gasteiger partial charge in [0.25, 0.3) is 5.91 Å². The third kappa shape index (κ3) is 6.60. The Hall–Kier alpha value is -1.93. The lowest BCUT2D eigenvalue weighted by atomic mass is 10.1. The lowest BCUT2D eigenvalue weighted by molar-refractivity contribution is -0.129. The molecule has 28 heavy (non-hydrogen) atoms. The molecule has 0 radical (unpaired) electrons. The standard InChI is InChI=1S/C19H23Cl2N3O4/c1-3-27-7-8-28-15-5-4-6-22-17(15)12(2)11-23-19(26)18(25)14-9-13(20)10-16(21)24-14/h4-6,9-10,12,18,25H,3,7-8,11H2,1-2H3,(H,23,26). The molecule has 9 heteroatoms. The highest BCUT2D eigenvalue weighted by Gasteiger charge is 2.21. The molecule has 2 N–H and O–H groups in total. The van der Waals surface area contributed by atoms with E-state index in [1.165, 1.54) is 12.1 Å². The predicted octanol–water partition coefficient (Wildman–Crippen LogP) is 3.15.